The van der Waals surface area contributed by atoms with Crippen LogP contribution in [0.4, 0.5) is 4.39 Å². The molecule has 0 bridgehead atoms. The molecule has 0 aliphatic carbocycles. The Kier molecular flexibility index (Phi) is 6.42. The maximum atomic E-state index is 13.5. The monoisotopic (exact) mass is 347 g/mol. The van der Waals surface area contributed by atoms with Gasteiger partial charge in [0.1, 0.15) is 0 Å². The van der Waals surface area contributed by atoms with Gasteiger partial charge in [-0.05, 0) is 38.0 Å². The van der Waals surface area contributed by atoms with Crippen LogP contribution in [0.2, 0.25) is 0 Å². The molecule has 1 atom stereocenters. The number of amides is 1. The summed E-state index contributed by atoms with van der Waals surface area (Å²) < 4.78 is 19.3. The third kappa shape index (κ3) is 5.09. The van der Waals surface area contributed by atoms with Crippen LogP contribution in [-0.2, 0) is 4.79 Å². The SMILES string of the molecule is CCC(C)(CCO)NC(=O)COc1ccc(Br)cc1F. The topological polar surface area (TPSA) is 58.6 Å². The Balaban J connectivity index is 2.54. The van der Waals surface area contributed by atoms with Gasteiger partial charge < -0.3 is 15.2 Å². The molecule has 6 heteroatoms. The number of aliphatic hydroxyl groups excluding tert-OH is 1. The highest BCUT2D eigenvalue weighted by molar-refractivity contribution is 9.10. The summed E-state index contributed by atoms with van der Waals surface area (Å²) >= 11 is 3.14. The van der Waals surface area contributed by atoms with Gasteiger partial charge in [0.05, 0.1) is 0 Å². The van der Waals surface area contributed by atoms with Gasteiger partial charge in [-0.15, -0.1) is 0 Å². The van der Waals surface area contributed by atoms with Crippen molar-refractivity contribution < 1.29 is 19.0 Å². The molecule has 1 aromatic carbocycles. The van der Waals surface area contributed by atoms with Gasteiger partial charge in [0.2, 0.25) is 0 Å². The Morgan fingerprint density at radius 2 is 2.25 bits per heavy atom. The Morgan fingerprint density at radius 1 is 1.55 bits per heavy atom. The molecule has 1 rings (SSSR count). The largest absolute Gasteiger partial charge is 0.481 e. The Labute approximate surface area is 126 Å². The predicted octanol–water partition coefficient (Wildman–Crippen LogP) is 2.63. The maximum absolute atomic E-state index is 13.5. The smallest absolute Gasteiger partial charge is 0.258 e. The highest BCUT2D eigenvalue weighted by Crippen LogP contribution is 2.21. The Hall–Kier alpha value is -1.14. The van der Waals surface area contributed by atoms with E-state index >= 15 is 0 Å². The Morgan fingerprint density at radius 3 is 2.80 bits per heavy atom. The van der Waals surface area contributed by atoms with E-state index < -0.39 is 11.4 Å². The van der Waals surface area contributed by atoms with E-state index in [-0.39, 0.29) is 24.9 Å². The predicted molar refractivity (Wildman–Crippen MR) is 78.1 cm³/mol. The minimum Gasteiger partial charge on any atom is -0.481 e. The van der Waals surface area contributed by atoms with E-state index in [9.17, 15) is 9.18 Å². The van der Waals surface area contributed by atoms with Crippen LogP contribution in [-0.4, -0.2) is 29.8 Å². The second kappa shape index (κ2) is 7.59. The van der Waals surface area contributed by atoms with Gasteiger partial charge in [0.25, 0.3) is 5.91 Å². The third-order valence-electron chi connectivity index (χ3n) is 3.14. The lowest BCUT2D eigenvalue weighted by atomic mass is 9.95. The van der Waals surface area contributed by atoms with Gasteiger partial charge in [-0.2, -0.15) is 0 Å². The molecule has 0 spiro atoms. The van der Waals surface area contributed by atoms with Gasteiger partial charge in [-0.1, -0.05) is 22.9 Å². The van der Waals surface area contributed by atoms with Crippen LogP contribution in [0, 0.1) is 5.82 Å². The number of halogens is 2. The van der Waals surface area contributed by atoms with Crippen molar-refractivity contribution in [3.63, 3.8) is 0 Å². The number of ether oxygens (including phenoxy) is 1. The molecule has 0 saturated heterocycles. The lowest BCUT2D eigenvalue weighted by Crippen LogP contribution is -2.47. The molecule has 0 saturated carbocycles. The van der Waals surface area contributed by atoms with E-state index in [0.717, 1.165) is 0 Å². The molecule has 0 aromatic heterocycles. The number of hydrogen-bond donors (Lipinski definition) is 2. The maximum Gasteiger partial charge on any atom is 0.258 e. The Bertz CT molecular complexity index is 470. The number of rotatable bonds is 7. The second-order valence-electron chi connectivity index (χ2n) is 4.80. The summed E-state index contributed by atoms with van der Waals surface area (Å²) in [7, 11) is 0. The molecule has 1 unspecified atom stereocenters. The fourth-order valence-corrected chi connectivity index (χ4v) is 2.02. The zero-order valence-electron chi connectivity index (χ0n) is 11.6. The summed E-state index contributed by atoms with van der Waals surface area (Å²) in [6.45, 7) is 3.50. The lowest BCUT2D eigenvalue weighted by molar-refractivity contribution is -0.125. The summed E-state index contributed by atoms with van der Waals surface area (Å²) in [5.41, 5.74) is -0.479. The van der Waals surface area contributed by atoms with Gasteiger partial charge in [-0.25, -0.2) is 4.39 Å². The van der Waals surface area contributed by atoms with Crippen LogP contribution in [0.3, 0.4) is 0 Å². The van der Waals surface area contributed by atoms with E-state index in [1.165, 1.54) is 12.1 Å². The van der Waals surface area contributed by atoms with E-state index in [4.69, 9.17) is 9.84 Å². The zero-order chi connectivity index (χ0) is 15.2. The molecular formula is C14H19BrFNO3. The molecule has 0 aliphatic heterocycles. The molecule has 2 N–H and O–H groups in total. The molecule has 4 nitrogen and oxygen atoms in total. The van der Waals surface area contributed by atoms with Gasteiger partial charge in [0, 0.05) is 16.6 Å². The summed E-state index contributed by atoms with van der Waals surface area (Å²) in [5.74, 6) is -0.838. The standard InChI is InChI=1S/C14H19BrFNO3/c1-3-14(2,6-7-18)17-13(19)9-20-12-5-4-10(15)8-11(12)16/h4-5,8,18H,3,6-7,9H2,1-2H3,(H,17,19). The lowest BCUT2D eigenvalue weighted by Gasteiger charge is -2.28. The van der Waals surface area contributed by atoms with Crippen molar-refractivity contribution in [3.05, 3.63) is 28.5 Å². The molecule has 0 fully saturated rings. The molecular weight excluding hydrogens is 329 g/mol. The fraction of sp³-hybridized carbons (Fsp3) is 0.500. The number of carbonyl (C=O) groups is 1. The van der Waals surface area contributed by atoms with Crippen LogP contribution in [0.15, 0.2) is 22.7 Å². The summed E-state index contributed by atoms with van der Waals surface area (Å²) in [6, 6.07) is 4.37. The number of carbonyl (C=O) groups excluding carboxylic acids is 1. The third-order valence-corrected chi connectivity index (χ3v) is 3.63. The van der Waals surface area contributed by atoms with Crippen molar-refractivity contribution in [2.24, 2.45) is 0 Å². The van der Waals surface area contributed by atoms with Crippen LogP contribution in [0.25, 0.3) is 0 Å². The van der Waals surface area contributed by atoms with Gasteiger partial charge in [-0.3, -0.25) is 4.79 Å². The van der Waals surface area contributed by atoms with Crippen molar-refractivity contribution in [1.82, 2.24) is 5.32 Å². The zero-order valence-corrected chi connectivity index (χ0v) is 13.2. The number of nitrogens with one attached hydrogen (secondary N) is 1. The number of benzene rings is 1. The molecule has 112 valence electrons. The van der Waals surface area contributed by atoms with Crippen LogP contribution >= 0.6 is 15.9 Å². The first-order valence-corrected chi connectivity index (χ1v) is 7.19. The highest BCUT2D eigenvalue weighted by atomic mass is 79.9. The van der Waals surface area contributed by atoms with Crippen LogP contribution < -0.4 is 10.1 Å². The van der Waals surface area contributed by atoms with E-state index in [1.54, 1.807) is 6.07 Å². The van der Waals surface area contributed by atoms with Crippen LogP contribution in [0.5, 0.6) is 5.75 Å². The van der Waals surface area contributed by atoms with Gasteiger partial charge >= 0.3 is 0 Å². The normalized spacial score (nSPS) is 13.7. The van der Waals surface area contributed by atoms with Crippen molar-refractivity contribution in [2.75, 3.05) is 13.2 Å². The van der Waals surface area contributed by atoms with Crippen LogP contribution in [0.1, 0.15) is 26.7 Å². The van der Waals surface area contributed by atoms with Crippen molar-refractivity contribution in [2.45, 2.75) is 32.2 Å². The number of hydrogen-bond acceptors (Lipinski definition) is 3. The first-order valence-electron chi connectivity index (χ1n) is 6.40. The minimum atomic E-state index is -0.527. The van der Waals surface area contributed by atoms with Crippen molar-refractivity contribution in [3.8, 4) is 5.75 Å². The van der Waals surface area contributed by atoms with Crippen molar-refractivity contribution in [1.29, 1.82) is 0 Å². The molecule has 0 aliphatic rings. The van der Waals surface area contributed by atoms with E-state index in [1.807, 2.05) is 13.8 Å². The van der Waals surface area contributed by atoms with E-state index in [0.29, 0.717) is 17.3 Å². The molecule has 1 amide bonds. The highest BCUT2D eigenvalue weighted by Gasteiger charge is 2.23. The quantitative estimate of drug-likeness (QED) is 0.797. The minimum absolute atomic E-state index is 0.00713. The van der Waals surface area contributed by atoms with Crippen molar-refractivity contribution >= 4 is 21.8 Å². The first-order chi connectivity index (χ1) is 9.40. The summed E-state index contributed by atoms with van der Waals surface area (Å²) in [6.07, 6.45) is 1.15. The average molecular weight is 348 g/mol. The fourth-order valence-electron chi connectivity index (χ4n) is 1.68. The summed E-state index contributed by atoms with van der Waals surface area (Å²) in [5, 5.41) is 11.8. The number of aliphatic hydroxyl groups is 1. The van der Waals surface area contributed by atoms with Gasteiger partial charge in [0.15, 0.2) is 18.2 Å². The molecule has 0 heterocycles. The molecule has 1 aromatic rings. The van der Waals surface area contributed by atoms with E-state index in [2.05, 4.69) is 21.2 Å². The summed E-state index contributed by atoms with van der Waals surface area (Å²) in [4.78, 5) is 11.8. The molecule has 20 heavy (non-hydrogen) atoms. The second-order valence-corrected chi connectivity index (χ2v) is 5.72. The first kappa shape index (κ1) is 16.9. The average Bonchev–Trinajstić information content (AvgIpc) is 2.38. The molecule has 0 radical (unpaired) electrons.